The standard InChI is InChI=1S/C14H20Cl2S/c1-2-3-4-5-6-7-14(16)17-13-10-8-12(15)9-11-13/h8-11,14H,2-7H2,1H3. The normalized spacial score (nSPS) is 12.6. The predicted octanol–water partition coefficient (Wildman–Crippen LogP) is 6.36. The van der Waals surface area contributed by atoms with E-state index in [1.54, 1.807) is 11.8 Å². The van der Waals surface area contributed by atoms with Gasteiger partial charge in [0.25, 0.3) is 0 Å². The number of halogens is 2. The van der Waals surface area contributed by atoms with E-state index in [1.807, 2.05) is 24.3 Å². The van der Waals surface area contributed by atoms with Crippen LogP contribution >= 0.6 is 35.0 Å². The minimum atomic E-state index is 0.179. The summed E-state index contributed by atoms with van der Waals surface area (Å²) in [5.74, 6) is 0. The zero-order chi connectivity index (χ0) is 12.5. The van der Waals surface area contributed by atoms with Gasteiger partial charge in [0.1, 0.15) is 0 Å². The molecule has 0 amide bonds. The lowest BCUT2D eigenvalue weighted by molar-refractivity contribution is 0.621. The first-order valence-corrected chi connectivity index (χ1v) is 7.98. The van der Waals surface area contributed by atoms with Crippen molar-refractivity contribution >= 4 is 35.0 Å². The molecule has 1 rings (SSSR count). The van der Waals surface area contributed by atoms with Crippen LogP contribution in [0.25, 0.3) is 0 Å². The van der Waals surface area contributed by atoms with Crippen LogP contribution in [0.4, 0.5) is 0 Å². The van der Waals surface area contributed by atoms with Gasteiger partial charge >= 0.3 is 0 Å². The Kier molecular flexibility index (Phi) is 8.17. The van der Waals surface area contributed by atoms with Gasteiger partial charge in [0.2, 0.25) is 0 Å². The van der Waals surface area contributed by atoms with E-state index in [0.717, 1.165) is 11.4 Å². The van der Waals surface area contributed by atoms with Gasteiger partial charge in [0.15, 0.2) is 0 Å². The van der Waals surface area contributed by atoms with E-state index in [4.69, 9.17) is 23.2 Å². The average molecular weight is 291 g/mol. The third-order valence-electron chi connectivity index (χ3n) is 2.61. The van der Waals surface area contributed by atoms with Gasteiger partial charge in [-0.2, -0.15) is 0 Å². The summed E-state index contributed by atoms with van der Waals surface area (Å²) in [4.78, 5) is 1.20. The Morgan fingerprint density at radius 3 is 2.35 bits per heavy atom. The number of rotatable bonds is 8. The summed E-state index contributed by atoms with van der Waals surface area (Å²) in [5, 5.41) is 0.778. The van der Waals surface area contributed by atoms with Gasteiger partial charge in [-0.25, -0.2) is 0 Å². The molecule has 96 valence electrons. The highest BCUT2D eigenvalue weighted by Gasteiger charge is 2.06. The van der Waals surface area contributed by atoms with Crippen molar-refractivity contribution in [2.24, 2.45) is 0 Å². The Hall–Kier alpha value is 0.150. The highest BCUT2D eigenvalue weighted by atomic mass is 35.5. The Morgan fingerprint density at radius 2 is 1.71 bits per heavy atom. The predicted molar refractivity (Wildman–Crippen MR) is 80.3 cm³/mol. The lowest BCUT2D eigenvalue weighted by Gasteiger charge is -2.09. The maximum atomic E-state index is 6.30. The van der Waals surface area contributed by atoms with Crippen LogP contribution in [0.3, 0.4) is 0 Å². The molecule has 1 atom stereocenters. The van der Waals surface area contributed by atoms with E-state index in [2.05, 4.69) is 6.92 Å². The van der Waals surface area contributed by atoms with Crippen molar-refractivity contribution in [1.29, 1.82) is 0 Å². The fraction of sp³-hybridized carbons (Fsp3) is 0.571. The minimum Gasteiger partial charge on any atom is -0.111 e. The summed E-state index contributed by atoms with van der Waals surface area (Å²) in [6.07, 6.45) is 7.60. The Bertz CT molecular complexity index is 298. The highest BCUT2D eigenvalue weighted by molar-refractivity contribution is 8.01. The Morgan fingerprint density at radius 1 is 1.06 bits per heavy atom. The molecule has 1 unspecified atom stereocenters. The van der Waals surface area contributed by atoms with Crippen molar-refractivity contribution in [3.05, 3.63) is 29.3 Å². The van der Waals surface area contributed by atoms with E-state index in [9.17, 15) is 0 Å². The maximum absolute atomic E-state index is 6.30. The lowest BCUT2D eigenvalue weighted by Crippen LogP contribution is -1.92. The SMILES string of the molecule is CCCCCCCC(Cl)Sc1ccc(Cl)cc1. The number of hydrogen-bond acceptors (Lipinski definition) is 1. The summed E-state index contributed by atoms with van der Waals surface area (Å²) < 4.78 is 0.179. The van der Waals surface area contributed by atoms with Gasteiger partial charge in [-0.15, -0.1) is 23.4 Å². The molecule has 1 aromatic rings. The first-order valence-electron chi connectivity index (χ1n) is 6.28. The first kappa shape index (κ1) is 15.2. The van der Waals surface area contributed by atoms with Crippen LogP contribution in [0.1, 0.15) is 45.4 Å². The number of benzene rings is 1. The summed E-state index contributed by atoms with van der Waals surface area (Å²) in [6.45, 7) is 2.24. The third kappa shape index (κ3) is 7.23. The van der Waals surface area contributed by atoms with Crippen LogP contribution in [-0.4, -0.2) is 4.71 Å². The van der Waals surface area contributed by atoms with Gasteiger partial charge in [-0.05, 0) is 30.7 Å². The zero-order valence-corrected chi connectivity index (χ0v) is 12.6. The van der Waals surface area contributed by atoms with Crippen molar-refractivity contribution in [3.8, 4) is 0 Å². The maximum Gasteiger partial charge on any atom is 0.0835 e. The molecule has 3 heteroatoms. The van der Waals surface area contributed by atoms with E-state index < -0.39 is 0 Å². The number of hydrogen-bond donors (Lipinski definition) is 0. The van der Waals surface area contributed by atoms with Crippen LogP contribution in [0, 0.1) is 0 Å². The van der Waals surface area contributed by atoms with Crippen LogP contribution in [-0.2, 0) is 0 Å². The Labute approximate surface area is 119 Å². The fourth-order valence-electron chi connectivity index (χ4n) is 1.63. The second kappa shape index (κ2) is 9.13. The quantitative estimate of drug-likeness (QED) is 0.305. The topological polar surface area (TPSA) is 0 Å². The van der Waals surface area contributed by atoms with Gasteiger partial charge < -0.3 is 0 Å². The van der Waals surface area contributed by atoms with Crippen LogP contribution in [0.5, 0.6) is 0 Å². The molecule has 0 nitrogen and oxygen atoms in total. The molecule has 0 radical (unpaired) electrons. The van der Waals surface area contributed by atoms with Crippen molar-refractivity contribution in [1.82, 2.24) is 0 Å². The summed E-state index contributed by atoms with van der Waals surface area (Å²) >= 11 is 13.9. The van der Waals surface area contributed by atoms with Gasteiger partial charge in [0.05, 0.1) is 4.71 Å². The van der Waals surface area contributed by atoms with Crippen molar-refractivity contribution in [2.45, 2.75) is 55.1 Å². The molecule has 0 fully saturated rings. The van der Waals surface area contributed by atoms with Crippen molar-refractivity contribution in [2.75, 3.05) is 0 Å². The molecule has 0 aliphatic rings. The molecule has 0 saturated heterocycles. The molecule has 0 saturated carbocycles. The summed E-state index contributed by atoms with van der Waals surface area (Å²) in [6, 6.07) is 7.88. The lowest BCUT2D eigenvalue weighted by atomic mass is 10.1. The number of thioether (sulfide) groups is 1. The molecule has 0 N–H and O–H groups in total. The van der Waals surface area contributed by atoms with E-state index in [1.165, 1.54) is 37.0 Å². The molecule has 0 bridgehead atoms. The molecular formula is C14H20Cl2S. The summed E-state index contributed by atoms with van der Waals surface area (Å²) in [5.41, 5.74) is 0. The molecule has 0 spiro atoms. The molecule has 0 aromatic heterocycles. The first-order chi connectivity index (χ1) is 8.22. The molecule has 0 aliphatic carbocycles. The number of alkyl halides is 1. The van der Waals surface area contributed by atoms with Crippen LogP contribution in [0.15, 0.2) is 29.2 Å². The highest BCUT2D eigenvalue weighted by Crippen LogP contribution is 2.30. The largest absolute Gasteiger partial charge is 0.111 e. The second-order valence-electron chi connectivity index (χ2n) is 4.18. The zero-order valence-electron chi connectivity index (χ0n) is 10.3. The molecular weight excluding hydrogens is 271 g/mol. The molecule has 0 aliphatic heterocycles. The average Bonchev–Trinajstić information content (AvgIpc) is 2.32. The van der Waals surface area contributed by atoms with E-state index >= 15 is 0 Å². The van der Waals surface area contributed by atoms with Gasteiger partial charge in [0, 0.05) is 9.92 Å². The van der Waals surface area contributed by atoms with Crippen LogP contribution in [0.2, 0.25) is 5.02 Å². The number of unbranched alkanes of at least 4 members (excludes halogenated alkanes) is 4. The summed E-state index contributed by atoms with van der Waals surface area (Å²) in [7, 11) is 0. The van der Waals surface area contributed by atoms with Crippen LogP contribution < -0.4 is 0 Å². The van der Waals surface area contributed by atoms with E-state index in [0.29, 0.717) is 0 Å². The molecule has 0 heterocycles. The smallest absolute Gasteiger partial charge is 0.0835 e. The van der Waals surface area contributed by atoms with Crippen molar-refractivity contribution in [3.63, 3.8) is 0 Å². The Balaban J connectivity index is 2.16. The molecule has 17 heavy (non-hydrogen) atoms. The third-order valence-corrected chi connectivity index (χ3v) is 4.39. The monoisotopic (exact) mass is 290 g/mol. The van der Waals surface area contributed by atoms with Crippen molar-refractivity contribution < 1.29 is 0 Å². The van der Waals surface area contributed by atoms with E-state index in [-0.39, 0.29) is 4.71 Å². The van der Waals surface area contributed by atoms with Gasteiger partial charge in [-0.1, -0.05) is 50.6 Å². The van der Waals surface area contributed by atoms with Gasteiger partial charge in [-0.3, -0.25) is 0 Å². The fourth-order valence-corrected chi connectivity index (χ4v) is 3.09. The minimum absolute atomic E-state index is 0.179. The molecule has 1 aromatic carbocycles. The second-order valence-corrected chi connectivity index (χ2v) is 6.68.